The quantitative estimate of drug-likeness (QED) is 0.504. The van der Waals surface area contributed by atoms with Crippen molar-refractivity contribution in [3.8, 4) is 0 Å². The van der Waals surface area contributed by atoms with E-state index in [1.807, 2.05) is 6.20 Å². The predicted molar refractivity (Wildman–Crippen MR) is 44.6 cm³/mol. The summed E-state index contributed by atoms with van der Waals surface area (Å²) in [5.74, 6) is 0.886. The molecule has 0 aromatic carbocycles. The molecular formula is C7H10N4. The third kappa shape index (κ3) is 1.24. The van der Waals surface area contributed by atoms with Crippen LogP contribution in [0.25, 0.3) is 0 Å². The van der Waals surface area contributed by atoms with Crippen LogP contribution in [0.4, 0.5) is 0 Å². The fraction of sp³-hybridized carbons (Fsp3) is 0.429. The Morgan fingerprint density at radius 3 is 3.36 bits per heavy atom. The number of nitrogens with zero attached hydrogens (tertiary/aromatic N) is 2. The summed E-state index contributed by atoms with van der Waals surface area (Å²) >= 11 is 0. The second-order valence-corrected chi connectivity index (χ2v) is 2.53. The first kappa shape index (κ1) is 6.39. The molecule has 2 heterocycles. The zero-order chi connectivity index (χ0) is 7.52. The van der Waals surface area contributed by atoms with Crippen LogP contribution in [0, 0.1) is 0 Å². The van der Waals surface area contributed by atoms with E-state index in [2.05, 4.69) is 20.8 Å². The summed E-state index contributed by atoms with van der Waals surface area (Å²) in [6, 6.07) is 0. The van der Waals surface area contributed by atoms with Gasteiger partial charge in [-0.05, 0) is 6.42 Å². The Bertz CT molecular complexity index is 239. The van der Waals surface area contributed by atoms with Gasteiger partial charge in [0, 0.05) is 19.3 Å². The molecule has 0 unspecified atom stereocenters. The lowest BCUT2D eigenvalue weighted by atomic mass is 10.2. The first-order chi connectivity index (χ1) is 5.47. The Balaban J connectivity index is 2.19. The standard InChI is InChI=1S/C7H10N4/c1-2-8-4-6-5-10-11-7(6)9-3-1/h4-5,8H,1-3H2,(H,9,11). The summed E-state index contributed by atoms with van der Waals surface area (Å²) in [4.78, 5) is 0. The summed E-state index contributed by atoms with van der Waals surface area (Å²) in [7, 11) is 0. The lowest BCUT2D eigenvalue weighted by molar-refractivity contribution is 0.716. The van der Waals surface area contributed by atoms with Crippen molar-refractivity contribution in [2.45, 2.75) is 6.42 Å². The predicted octanol–water partition coefficient (Wildman–Crippen LogP) is -0.149. The molecule has 0 atom stereocenters. The van der Waals surface area contributed by atoms with E-state index in [9.17, 15) is 0 Å². The van der Waals surface area contributed by atoms with Crippen molar-refractivity contribution >= 4 is 12.1 Å². The van der Waals surface area contributed by atoms with Crippen LogP contribution in [-0.2, 0) is 0 Å². The van der Waals surface area contributed by atoms with Crippen LogP contribution in [0.3, 0.4) is 0 Å². The molecule has 0 spiro atoms. The number of hydrogen-bond acceptors (Lipinski definition) is 4. The maximum absolute atomic E-state index is 3.93. The van der Waals surface area contributed by atoms with Crippen molar-refractivity contribution in [2.75, 3.05) is 13.1 Å². The molecule has 4 nitrogen and oxygen atoms in total. The van der Waals surface area contributed by atoms with E-state index >= 15 is 0 Å². The van der Waals surface area contributed by atoms with Gasteiger partial charge in [-0.2, -0.15) is 5.10 Å². The minimum atomic E-state index is 0.886. The first-order valence-electron chi connectivity index (χ1n) is 3.75. The van der Waals surface area contributed by atoms with Gasteiger partial charge in [-0.3, -0.25) is 0 Å². The van der Waals surface area contributed by atoms with Crippen LogP contribution in [0.15, 0.2) is 22.0 Å². The van der Waals surface area contributed by atoms with Gasteiger partial charge in [0.15, 0.2) is 5.84 Å². The van der Waals surface area contributed by atoms with E-state index in [4.69, 9.17) is 0 Å². The molecule has 11 heavy (non-hydrogen) atoms. The van der Waals surface area contributed by atoms with Gasteiger partial charge in [0.2, 0.25) is 0 Å². The molecule has 4 heteroatoms. The number of rotatable bonds is 0. The highest BCUT2D eigenvalue weighted by molar-refractivity contribution is 6.17. The monoisotopic (exact) mass is 150 g/mol. The maximum atomic E-state index is 3.93. The molecule has 2 N–H and O–H groups in total. The average molecular weight is 150 g/mol. The molecule has 0 radical (unpaired) electrons. The van der Waals surface area contributed by atoms with E-state index < -0.39 is 0 Å². The minimum Gasteiger partial charge on any atom is -0.390 e. The third-order valence-corrected chi connectivity index (χ3v) is 1.68. The van der Waals surface area contributed by atoms with E-state index in [1.165, 1.54) is 0 Å². The van der Waals surface area contributed by atoms with Crippen molar-refractivity contribution in [3.05, 3.63) is 11.8 Å². The van der Waals surface area contributed by atoms with Gasteiger partial charge in [-0.1, -0.05) is 0 Å². The second-order valence-electron chi connectivity index (χ2n) is 2.53. The Labute approximate surface area is 65.1 Å². The summed E-state index contributed by atoms with van der Waals surface area (Å²) in [6.07, 6.45) is 4.81. The van der Waals surface area contributed by atoms with Gasteiger partial charge in [-0.25, -0.2) is 0 Å². The van der Waals surface area contributed by atoms with Crippen LogP contribution in [0.5, 0.6) is 0 Å². The molecule has 2 aliphatic heterocycles. The van der Waals surface area contributed by atoms with Crippen molar-refractivity contribution in [2.24, 2.45) is 10.2 Å². The molecular weight excluding hydrogens is 140 g/mol. The molecule has 0 fully saturated rings. The smallest absolute Gasteiger partial charge is 0.159 e. The Morgan fingerprint density at radius 1 is 1.36 bits per heavy atom. The van der Waals surface area contributed by atoms with Crippen molar-refractivity contribution in [1.82, 2.24) is 10.6 Å². The summed E-state index contributed by atoms with van der Waals surface area (Å²) in [5, 5.41) is 14.1. The van der Waals surface area contributed by atoms with Crippen LogP contribution in [0.2, 0.25) is 0 Å². The first-order valence-corrected chi connectivity index (χ1v) is 3.75. The van der Waals surface area contributed by atoms with Crippen LogP contribution in [0.1, 0.15) is 6.42 Å². The highest BCUT2D eigenvalue weighted by Gasteiger charge is 2.10. The summed E-state index contributed by atoms with van der Waals surface area (Å²) in [6.45, 7) is 1.98. The van der Waals surface area contributed by atoms with Gasteiger partial charge < -0.3 is 10.6 Å². The highest BCUT2D eigenvalue weighted by atomic mass is 15.3. The minimum absolute atomic E-state index is 0.886. The summed E-state index contributed by atoms with van der Waals surface area (Å²) in [5.41, 5.74) is 1.05. The molecule has 0 aliphatic carbocycles. The molecule has 0 aromatic heterocycles. The van der Waals surface area contributed by atoms with Gasteiger partial charge in [0.25, 0.3) is 0 Å². The molecule has 2 rings (SSSR count). The lowest BCUT2D eigenvalue weighted by Crippen LogP contribution is -2.30. The summed E-state index contributed by atoms with van der Waals surface area (Å²) < 4.78 is 0. The number of fused-ring (bicyclic) bond motifs is 1. The molecule has 0 aromatic rings. The van der Waals surface area contributed by atoms with Crippen molar-refractivity contribution in [1.29, 1.82) is 0 Å². The van der Waals surface area contributed by atoms with Crippen molar-refractivity contribution < 1.29 is 0 Å². The Kier molecular flexibility index (Phi) is 1.59. The second kappa shape index (κ2) is 2.74. The number of hydrogen-bond donors (Lipinski definition) is 2. The lowest BCUT2D eigenvalue weighted by Gasteiger charge is -2.10. The molecule has 0 saturated heterocycles. The van der Waals surface area contributed by atoms with Gasteiger partial charge in [0.1, 0.15) is 0 Å². The third-order valence-electron chi connectivity index (χ3n) is 1.68. The van der Waals surface area contributed by atoms with Gasteiger partial charge in [0.05, 0.1) is 11.8 Å². The number of amidine groups is 1. The maximum Gasteiger partial charge on any atom is 0.159 e. The van der Waals surface area contributed by atoms with Crippen LogP contribution < -0.4 is 10.6 Å². The molecule has 0 saturated carbocycles. The molecule has 58 valence electrons. The van der Waals surface area contributed by atoms with Gasteiger partial charge in [-0.15, -0.1) is 5.10 Å². The van der Waals surface area contributed by atoms with E-state index in [0.29, 0.717) is 0 Å². The van der Waals surface area contributed by atoms with Crippen molar-refractivity contribution in [3.63, 3.8) is 0 Å². The molecule has 0 bridgehead atoms. The normalized spacial score (nSPS) is 21.8. The SMILES string of the molecule is C1=NN=C2NCCCNC=C12. The van der Waals surface area contributed by atoms with Gasteiger partial charge >= 0.3 is 0 Å². The van der Waals surface area contributed by atoms with E-state index in [0.717, 1.165) is 30.9 Å². The molecule has 0 amide bonds. The largest absolute Gasteiger partial charge is 0.390 e. The zero-order valence-electron chi connectivity index (χ0n) is 6.17. The highest BCUT2D eigenvalue weighted by Crippen LogP contribution is 2.01. The molecule has 2 aliphatic rings. The fourth-order valence-electron chi connectivity index (χ4n) is 1.09. The van der Waals surface area contributed by atoms with Crippen LogP contribution >= 0.6 is 0 Å². The Hall–Kier alpha value is -1.32. The zero-order valence-corrected chi connectivity index (χ0v) is 6.17. The Morgan fingerprint density at radius 2 is 2.36 bits per heavy atom. The van der Waals surface area contributed by atoms with Crippen LogP contribution in [-0.4, -0.2) is 25.1 Å². The van der Waals surface area contributed by atoms with E-state index in [1.54, 1.807) is 6.21 Å². The average Bonchev–Trinajstić information content (AvgIpc) is 2.35. The fourth-order valence-corrected chi connectivity index (χ4v) is 1.09. The topological polar surface area (TPSA) is 48.8 Å². The number of nitrogens with one attached hydrogen (secondary N) is 2. The van der Waals surface area contributed by atoms with E-state index in [-0.39, 0.29) is 0 Å².